The Morgan fingerprint density at radius 2 is 2.13 bits per heavy atom. The lowest BCUT2D eigenvalue weighted by molar-refractivity contribution is -0.149. The van der Waals surface area contributed by atoms with E-state index in [9.17, 15) is 4.79 Å². The van der Waals surface area contributed by atoms with Gasteiger partial charge >= 0.3 is 5.97 Å². The number of hydrogen-bond donors (Lipinski definition) is 1. The highest BCUT2D eigenvalue weighted by atomic mass is 16.5. The van der Waals surface area contributed by atoms with Crippen molar-refractivity contribution >= 4 is 11.9 Å². The van der Waals surface area contributed by atoms with Gasteiger partial charge in [-0.25, -0.2) is 0 Å². The Hall–Kier alpha value is -2.12. The number of ether oxygens (including phenoxy) is 2. The van der Waals surface area contributed by atoms with Gasteiger partial charge in [-0.2, -0.15) is 0 Å². The molecule has 2 aliphatic rings. The zero-order valence-electron chi connectivity index (χ0n) is 18.6. The molecule has 2 atom stereocenters. The molecule has 1 aromatic rings. The summed E-state index contributed by atoms with van der Waals surface area (Å²) in [6.07, 6.45) is 1.85. The van der Waals surface area contributed by atoms with Crippen molar-refractivity contribution in [1.29, 1.82) is 0 Å². The van der Waals surface area contributed by atoms with Crippen molar-refractivity contribution in [3.63, 3.8) is 0 Å². The molecule has 0 aromatic heterocycles. The molecule has 2 aliphatic heterocycles. The van der Waals surface area contributed by atoms with Crippen molar-refractivity contribution in [2.45, 2.75) is 32.7 Å². The predicted molar refractivity (Wildman–Crippen MR) is 119 cm³/mol. The van der Waals surface area contributed by atoms with E-state index in [1.165, 1.54) is 11.1 Å². The molecule has 1 N–H and O–H groups in total. The number of morpholine rings is 1. The van der Waals surface area contributed by atoms with Crippen molar-refractivity contribution in [3.05, 3.63) is 35.4 Å². The van der Waals surface area contributed by atoms with E-state index in [2.05, 4.69) is 51.3 Å². The van der Waals surface area contributed by atoms with Crippen molar-refractivity contribution in [2.75, 3.05) is 59.6 Å². The summed E-state index contributed by atoms with van der Waals surface area (Å²) in [6.45, 7) is 10.1. The van der Waals surface area contributed by atoms with E-state index in [1.54, 1.807) is 0 Å². The third kappa shape index (κ3) is 5.95. The number of nitrogens with one attached hydrogen (secondary N) is 1. The Balaban J connectivity index is 1.67. The predicted octanol–water partition coefficient (Wildman–Crippen LogP) is 2.22. The summed E-state index contributed by atoms with van der Waals surface area (Å²) in [6, 6.07) is 8.98. The zero-order valence-corrected chi connectivity index (χ0v) is 18.6. The topological polar surface area (TPSA) is 66.4 Å². The summed E-state index contributed by atoms with van der Waals surface area (Å²) >= 11 is 0. The van der Waals surface area contributed by atoms with Gasteiger partial charge in [0.15, 0.2) is 5.96 Å². The number of rotatable bonds is 6. The molecule has 166 valence electrons. The average Bonchev–Trinajstić information content (AvgIpc) is 2.78. The number of hydrogen-bond acceptors (Lipinski definition) is 5. The van der Waals surface area contributed by atoms with E-state index in [0.29, 0.717) is 13.2 Å². The van der Waals surface area contributed by atoms with Gasteiger partial charge in [0, 0.05) is 39.8 Å². The maximum absolute atomic E-state index is 12.2. The minimum atomic E-state index is -0.0939. The summed E-state index contributed by atoms with van der Waals surface area (Å²) in [5.74, 6) is 0.683. The highest BCUT2D eigenvalue weighted by Gasteiger charge is 2.29. The third-order valence-electron chi connectivity index (χ3n) is 5.92. The number of nitrogens with zero attached hydrogens (tertiary/aromatic N) is 3. The second kappa shape index (κ2) is 11.3. The highest BCUT2D eigenvalue weighted by Crippen LogP contribution is 2.23. The van der Waals surface area contributed by atoms with Crippen LogP contribution in [0, 0.1) is 12.8 Å². The molecule has 7 nitrogen and oxygen atoms in total. The Bertz CT molecular complexity index is 718. The lowest BCUT2D eigenvalue weighted by Crippen LogP contribution is -2.50. The van der Waals surface area contributed by atoms with Gasteiger partial charge < -0.3 is 19.7 Å². The van der Waals surface area contributed by atoms with Crippen LogP contribution in [0.15, 0.2) is 29.3 Å². The Kier molecular flexibility index (Phi) is 8.51. The third-order valence-corrected chi connectivity index (χ3v) is 5.92. The fourth-order valence-corrected chi connectivity index (χ4v) is 4.37. The van der Waals surface area contributed by atoms with Gasteiger partial charge in [0.05, 0.1) is 31.8 Å². The number of carbonyl (C=O) groups is 1. The standard InChI is InChI=1S/C23H36N4O3/c1-4-30-22(28)20-9-6-10-27(17-20)23(24-3)25-16-21(26-11-13-29-14-12-26)19-8-5-7-18(2)15-19/h5,7-8,15,20-21H,4,6,9-14,16-17H2,1-3H3,(H,24,25). The molecule has 0 bridgehead atoms. The largest absolute Gasteiger partial charge is 0.466 e. The number of carbonyl (C=O) groups excluding carboxylic acids is 1. The molecular weight excluding hydrogens is 380 g/mol. The van der Waals surface area contributed by atoms with Crippen LogP contribution >= 0.6 is 0 Å². The SMILES string of the molecule is CCOC(=O)C1CCCN(C(=NC)NCC(c2cccc(C)c2)N2CCOCC2)C1. The number of aliphatic imine (C=N–C) groups is 1. The van der Waals surface area contributed by atoms with Crippen LogP contribution < -0.4 is 5.32 Å². The summed E-state index contributed by atoms with van der Waals surface area (Å²) in [4.78, 5) is 21.4. The summed E-state index contributed by atoms with van der Waals surface area (Å²) in [5, 5.41) is 3.59. The van der Waals surface area contributed by atoms with E-state index in [0.717, 1.165) is 58.2 Å². The van der Waals surface area contributed by atoms with E-state index >= 15 is 0 Å². The summed E-state index contributed by atoms with van der Waals surface area (Å²) in [5.41, 5.74) is 2.58. The number of piperidine rings is 1. The number of aryl methyl sites for hydroxylation is 1. The minimum Gasteiger partial charge on any atom is -0.466 e. The highest BCUT2D eigenvalue weighted by molar-refractivity contribution is 5.81. The van der Waals surface area contributed by atoms with Crippen LogP contribution in [0.5, 0.6) is 0 Å². The van der Waals surface area contributed by atoms with Gasteiger partial charge in [0.1, 0.15) is 0 Å². The first-order valence-electron chi connectivity index (χ1n) is 11.1. The lowest BCUT2D eigenvalue weighted by Gasteiger charge is -2.37. The number of esters is 1. The smallest absolute Gasteiger partial charge is 0.310 e. The van der Waals surface area contributed by atoms with Gasteiger partial charge in [-0.15, -0.1) is 0 Å². The van der Waals surface area contributed by atoms with Crippen LogP contribution in [-0.2, 0) is 14.3 Å². The fourth-order valence-electron chi connectivity index (χ4n) is 4.37. The molecule has 3 rings (SSSR count). The van der Waals surface area contributed by atoms with Crippen LogP contribution in [0.4, 0.5) is 0 Å². The van der Waals surface area contributed by atoms with Gasteiger partial charge in [0.2, 0.25) is 0 Å². The van der Waals surface area contributed by atoms with Crippen LogP contribution in [0.3, 0.4) is 0 Å². The first kappa shape index (κ1) is 22.6. The lowest BCUT2D eigenvalue weighted by atomic mass is 9.98. The van der Waals surface area contributed by atoms with Crippen molar-refractivity contribution < 1.29 is 14.3 Å². The van der Waals surface area contributed by atoms with Crippen LogP contribution in [0.2, 0.25) is 0 Å². The molecule has 0 saturated carbocycles. The van der Waals surface area contributed by atoms with Crippen LogP contribution in [0.1, 0.15) is 36.9 Å². The van der Waals surface area contributed by atoms with Gasteiger partial charge in [-0.05, 0) is 32.3 Å². The molecule has 2 unspecified atom stereocenters. The second-order valence-corrected chi connectivity index (χ2v) is 8.04. The maximum atomic E-state index is 12.2. The molecule has 2 saturated heterocycles. The maximum Gasteiger partial charge on any atom is 0.310 e. The Labute approximate surface area is 180 Å². The molecule has 7 heteroatoms. The molecule has 2 fully saturated rings. The van der Waals surface area contributed by atoms with E-state index in [1.807, 2.05) is 14.0 Å². The first-order valence-corrected chi connectivity index (χ1v) is 11.1. The molecule has 30 heavy (non-hydrogen) atoms. The molecule has 0 aliphatic carbocycles. The van der Waals surface area contributed by atoms with E-state index in [4.69, 9.17) is 9.47 Å². The fraction of sp³-hybridized carbons (Fsp3) is 0.652. The molecule has 0 spiro atoms. The van der Waals surface area contributed by atoms with E-state index in [-0.39, 0.29) is 17.9 Å². The minimum absolute atomic E-state index is 0.0796. The number of likely N-dealkylation sites (tertiary alicyclic amines) is 1. The van der Waals surface area contributed by atoms with Crippen LogP contribution in [0.25, 0.3) is 0 Å². The molecule has 1 aromatic carbocycles. The Morgan fingerprint density at radius 3 is 2.83 bits per heavy atom. The summed E-state index contributed by atoms with van der Waals surface area (Å²) in [7, 11) is 1.81. The second-order valence-electron chi connectivity index (χ2n) is 8.04. The number of benzene rings is 1. The van der Waals surface area contributed by atoms with Crippen molar-refractivity contribution in [1.82, 2.24) is 15.1 Å². The zero-order chi connectivity index (χ0) is 21.3. The van der Waals surface area contributed by atoms with Crippen molar-refractivity contribution in [3.8, 4) is 0 Å². The van der Waals surface area contributed by atoms with Gasteiger partial charge in [-0.1, -0.05) is 29.8 Å². The molecule has 0 radical (unpaired) electrons. The molecule has 0 amide bonds. The van der Waals surface area contributed by atoms with Crippen LogP contribution in [-0.4, -0.2) is 81.3 Å². The van der Waals surface area contributed by atoms with Crippen molar-refractivity contribution in [2.24, 2.45) is 10.9 Å². The quantitative estimate of drug-likeness (QED) is 0.436. The summed E-state index contributed by atoms with van der Waals surface area (Å²) < 4.78 is 10.8. The Morgan fingerprint density at radius 1 is 1.33 bits per heavy atom. The molecule has 2 heterocycles. The first-order chi connectivity index (χ1) is 14.6. The van der Waals surface area contributed by atoms with E-state index < -0.39 is 0 Å². The monoisotopic (exact) mass is 416 g/mol. The van der Waals surface area contributed by atoms with Gasteiger partial charge in [-0.3, -0.25) is 14.7 Å². The normalized spacial score (nSPS) is 21.9. The number of guanidine groups is 1. The molecular formula is C23H36N4O3. The average molecular weight is 417 g/mol. The van der Waals surface area contributed by atoms with Gasteiger partial charge in [0.25, 0.3) is 0 Å².